The average molecular weight is 260 g/mol. The van der Waals surface area contributed by atoms with E-state index >= 15 is 0 Å². The molecule has 103 valence electrons. The predicted octanol–water partition coefficient (Wildman–Crippen LogP) is 3.69. The zero-order valence-corrected chi connectivity index (χ0v) is 11.4. The Labute approximate surface area is 115 Å². The van der Waals surface area contributed by atoms with Crippen molar-refractivity contribution in [2.45, 2.75) is 51.0 Å². The number of carbonyl (C=O) groups is 1. The Kier molecular flexibility index (Phi) is 5.73. The highest BCUT2D eigenvalue weighted by molar-refractivity contribution is 5.67. The van der Waals surface area contributed by atoms with Gasteiger partial charge in [0.05, 0.1) is 12.6 Å². The molecule has 1 aliphatic rings. The summed E-state index contributed by atoms with van der Waals surface area (Å²) in [4.78, 5) is 11.6. The summed E-state index contributed by atoms with van der Waals surface area (Å²) < 4.78 is 5.18. The summed E-state index contributed by atoms with van der Waals surface area (Å²) in [5.41, 5.74) is 1.18. The lowest BCUT2D eigenvalue weighted by molar-refractivity contribution is 0.141. The first kappa shape index (κ1) is 13.9. The van der Waals surface area contributed by atoms with Crippen LogP contribution >= 0.6 is 0 Å². The molecule has 1 aliphatic carbocycles. The Morgan fingerprint density at radius 1 is 1.11 bits per heavy atom. The number of benzene rings is 1. The Bertz CT molecular complexity index is 370. The standard InChI is InChI=1S/C16H22NO2/c18-16(17-15-10-6-1-2-7-11-15)19-13-12-14-8-4-3-5-9-14/h3-5,8-9,15H,1-2,6-7,10-13H2. The second-order valence-electron chi connectivity index (χ2n) is 5.12. The van der Waals surface area contributed by atoms with Gasteiger partial charge in [0.1, 0.15) is 0 Å². The summed E-state index contributed by atoms with van der Waals surface area (Å²) in [5, 5.41) is 4.17. The molecule has 0 spiro atoms. The molecule has 1 saturated carbocycles. The molecule has 0 aromatic heterocycles. The van der Waals surface area contributed by atoms with Gasteiger partial charge in [-0.1, -0.05) is 56.0 Å². The van der Waals surface area contributed by atoms with Crippen molar-refractivity contribution < 1.29 is 9.53 Å². The molecule has 3 heteroatoms. The van der Waals surface area contributed by atoms with Gasteiger partial charge < -0.3 is 4.74 Å². The van der Waals surface area contributed by atoms with Crippen LogP contribution < -0.4 is 5.32 Å². The number of nitrogens with zero attached hydrogens (tertiary/aromatic N) is 1. The molecule has 1 aromatic carbocycles. The van der Waals surface area contributed by atoms with Crippen molar-refractivity contribution in [2.75, 3.05) is 6.61 Å². The molecule has 2 rings (SSSR count). The molecule has 1 fully saturated rings. The molecule has 0 saturated heterocycles. The Morgan fingerprint density at radius 2 is 1.79 bits per heavy atom. The second-order valence-corrected chi connectivity index (χ2v) is 5.12. The maximum atomic E-state index is 11.6. The minimum absolute atomic E-state index is 0.187. The van der Waals surface area contributed by atoms with Gasteiger partial charge in [0, 0.05) is 6.42 Å². The van der Waals surface area contributed by atoms with E-state index in [1.54, 1.807) is 0 Å². The van der Waals surface area contributed by atoms with Gasteiger partial charge in [-0.15, -0.1) is 0 Å². The van der Waals surface area contributed by atoms with Crippen molar-refractivity contribution in [1.82, 2.24) is 5.32 Å². The number of hydrogen-bond donors (Lipinski definition) is 0. The third-order valence-electron chi connectivity index (χ3n) is 3.57. The predicted molar refractivity (Wildman–Crippen MR) is 75.1 cm³/mol. The monoisotopic (exact) mass is 260 g/mol. The number of ether oxygens (including phenoxy) is 1. The first-order chi connectivity index (χ1) is 9.34. The van der Waals surface area contributed by atoms with Crippen LogP contribution in [0.4, 0.5) is 4.79 Å². The van der Waals surface area contributed by atoms with Gasteiger partial charge in [0.2, 0.25) is 0 Å². The van der Waals surface area contributed by atoms with Crippen molar-refractivity contribution in [2.24, 2.45) is 0 Å². The molecule has 3 nitrogen and oxygen atoms in total. The van der Waals surface area contributed by atoms with Crippen molar-refractivity contribution in [1.29, 1.82) is 0 Å². The van der Waals surface area contributed by atoms with Crippen LogP contribution in [-0.2, 0) is 11.2 Å². The summed E-state index contributed by atoms with van der Waals surface area (Å²) in [7, 11) is 0. The van der Waals surface area contributed by atoms with Gasteiger partial charge in [-0.05, 0) is 18.4 Å². The van der Waals surface area contributed by atoms with Crippen LogP contribution in [0.5, 0.6) is 0 Å². The van der Waals surface area contributed by atoms with Crippen LogP contribution in [0.25, 0.3) is 0 Å². The lowest BCUT2D eigenvalue weighted by Gasteiger charge is -2.13. The summed E-state index contributed by atoms with van der Waals surface area (Å²) >= 11 is 0. The fourth-order valence-corrected chi connectivity index (χ4v) is 2.47. The first-order valence-electron chi connectivity index (χ1n) is 7.26. The zero-order valence-electron chi connectivity index (χ0n) is 11.4. The lowest BCUT2D eigenvalue weighted by atomic mass is 10.1. The van der Waals surface area contributed by atoms with Crippen molar-refractivity contribution in [3.63, 3.8) is 0 Å². The van der Waals surface area contributed by atoms with Crippen molar-refractivity contribution in [3.8, 4) is 0 Å². The molecule has 0 aliphatic heterocycles. The fourth-order valence-electron chi connectivity index (χ4n) is 2.47. The molecule has 0 unspecified atom stereocenters. The molecule has 0 heterocycles. The number of amides is 1. The third kappa shape index (κ3) is 5.33. The maximum absolute atomic E-state index is 11.6. The van der Waals surface area contributed by atoms with E-state index in [0.29, 0.717) is 6.61 Å². The van der Waals surface area contributed by atoms with Gasteiger partial charge in [0.25, 0.3) is 0 Å². The minimum atomic E-state index is -0.386. The minimum Gasteiger partial charge on any atom is -0.448 e. The summed E-state index contributed by atoms with van der Waals surface area (Å²) in [5.74, 6) is 0. The van der Waals surface area contributed by atoms with E-state index < -0.39 is 0 Å². The number of hydrogen-bond acceptors (Lipinski definition) is 2. The van der Waals surface area contributed by atoms with E-state index in [1.165, 1.54) is 31.2 Å². The van der Waals surface area contributed by atoms with Crippen LogP contribution in [-0.4, -0.2) is 18.7 Å². The molecular weight excluding hydrogens is 238 g/mol. The van der Waals surface area contributed by atoms with E-state index in [2.05, 4.69) is 5.32 Å². The largest absolute Gasteiger partial charge is 0.448 e. The summed E-state index contributed by atoms with van der Waals surface area (Å²) in [6, 6.07) is 10.2. The van der Waals surface area contributed by atoms with E-state index in [-0.39, 0.29) is 12.1 Å². The van der Waals surface area contributed by atoms with Gasteiger partial charge >= 0.3 is 6.09 Å². The normalized spacial score (nSPS) is 16.6. The maximum Gasteiger partial charge on any atom is 0.429 e. The molecule has 1 radical (unpaired) electrons. The fraction of sp³-hybridized carbons (Fsp3) is 0.562. The Hall–Kier alpha value is -1.51. The van der Waals surface area contributed by atoms with Gasteiger partial charge in [-0.25, -0.2) is 10.1 Å². The molecule has 0 bridgehead atoms. The molecule has 19 heavy (non-hydrogen) atoms. The first-order valence-corrected chi connectivity index (χ1v) is 7.26. The van der Waals surface area contributed by atoms with E-state index in [4.69, 9.17) is 4.74 Å². The second kappa shape index (κ2) is 7.82. The number of carbonyl (C=O) groups excluding carboxylic acids is 1. The SMILES string of the molecule is O=C([N]C1CCCCCC1)OCCc1ccccc1. The van der Waals surface area contributed by atoms with Crippen molar-refractivity contribution >= 4 is 6.09 Å². The van der Waals surface area contributed by atoms with Crippen molar-refractivity contribution in [3.05, 3.63) is 35.9 Å². The molecule has 0 N–H and O–H groups in total. The van der Waals surface area contributed by atoms with Gasteiger partial charge in [0.15, 0.2) is 0 Å². The van der Waals surface area contributed by atoms with Crippen LogP contribution in [0, 0.1) is 0 Å². The highest BCUT2D eigenvalue weighted by Gasteiger charge is 2.17. The molecule has 1 amide bonds. The molecule has 1 aromatic rings. The Balaban J connectivity index is 1.64. The molecule has 0 atom stereocenters. The quantitative estimate of drug-likeness (QED) is 0.774. The summed E-state index contributed by atoms with van der Waals surface area (Å²) in [6.45, 7) is 0.416. The summed E-state index contributed by atoms with van der Waals surface area (Å²) in [6.07, 6.45) is 7.36. The lowest BCUT2D eigenvalue weighted by Crippen LogP contribution is -2.28. The third-order valence-corrected chi connectivity index (χ3v) is 3.57. The van der Waals surface area contributed by atoms with Crippen LogP contribution in [0.15, 0.2) is 30.3 Å². The van der Waals surface area contributed by atoms with Crippen LogP contribution in [0.1, 0.15) is 44.1 Å². The highest BCUT2D eigenvalue weighted by Crippen LogP contribution is 2.18. The van der Waals surface area contributed by atoms with Gasteiger partial charge in [-0.3, -0.25) is 0 Å². The molecular formula is C16H22NO2. The van der Waals surface area contributed by atoms with Gasteiger partial charge in [-0.2, -0.15) is 0 Å². The highest BCUT2D eigenvalue weighted by atomic mass is 16.5. The number of rotatable bonds is 4. The average Bonchev–Trinajstić information content (AvgIpc) is 2.68. The topological polar surface area (TPSA) is 40.4 Å². The smallest absolute Gasteiger partial charge is 0.429 e. The van der Waals surface area contributed by atoms with Crippen LogP contribution in [0.2, 0.25) is 0 Å². The van der Waals surface area contributed by atoms with E-state index in [9.17, 15) is 4.79 Å². The zero-order chi connectivity index (χ0) is 13.3. The van der Waals surface area contributed by atoms with E-state index in [1.807, 2.05) is 30.3 Å². The Morgan fingerprint density at radius 3 is 2.47 bits per heavy atom. The van der Waals surface area contributed by atoms with E-state index in [0.717, 1.165) is 19.3 Å². The van der Waals surface area contributed by atoms with Crippen LogP contribution in [0.3, 0.4) is 0 Å².